The van der Waals surface area contributed by atoms with E-state index in [-0.39, 0.29) is 18.2 Å². The van der Waals surface area contributed by atoms with Crippen LogP contribution in [0.3, 0.4) is 0 Å². The first kappa shape index (κ1) is 21.7. The van der Waals surface area contributed by atoms with Crippen LogP contribution in [-0.2, 0) is 22.2 Å². The summed E-state index contributed by atoms with van der Waals surface area (Å²) in [7, 11) is -3.81. The highest BCUT2D eigenvalue weighted by atomic mass is 32.2. The van der Waals surface area contributed by atoms with Crippen molar-refractivity contribution in [3.05, 3.63) is 58.9 Å². The summed E-state index contributed by atoms with van der Waals surface area (Å²) in [5, 5.41) is 1.78. The van der Waals surface area contributed by atoms with Crippen molar-refractivity contribution in [2.45, 2.75) is 17.2 Å². The molecule has 0 radical (unpaired) electrons. The largest absolute Gasteiger partial charge is 0.416 e. The molecule has 2 aromatic carbocycles. The number of halogens is 7. The van der Waals surface area contributed by atoms with Crippen LogP contribution in [0.5, 0.6) is 0 Å². The number of sulfone groups is 1. The fourth-order valence-electron chi connectivity index (χ4n) is 2.11. The van der Waals surface area contributed by atoms with Gasteiger partial charge in [-0.2, -0.15) is 26.3 Å². The maximum absolute atomic E-state index is 13.8. The van der Waals surface area contributed by atoms with Crippen molar-refractivity contribution < 1.29 is 43.9 Å². The average molecular weight is 429 g/mol. The van der Waals surface area contributed by atoms with Crippen LogP contribution < -0.4 is 5.32 Å². The minimum Gasteiger partial charge on any atom is -0.319 e. The minimum atomic E-state index is -5.17. The van der Waals surface area contributed by atoms with Crippen molar-refractivity contribution in [2.75, 3.05) is 11.6 Å². The molecule has 0 aliphatic rings. The number of rotatable bonds is 3. The third-order valence-electron chi connectivity index (χ3n) is 3.46. The molecule has 0 spiro atoms. The predicted octanol–water partition coefficient (Wildman–Crippen LogP) is 4.52. The lowest BCUT2D eigenvalue weighted by molar-refractivity contribution is -0.143. The molecule has 12 heteroatoms. The van der Waals surface area contributed by atoms with Gasteiger partial charge in [0.05, 0.1) is 21.7 Å². The summed E-state index contributed by atoms with van der Waals surface area (Å²) >= 11 is 0. The van der Waals surface area contributed by atoms with Crippen molar-refractivity contribution in [1.82, 2.24) is 0 Å². The Kier molecular flexibility index (Phi) is 5.48. The summed E-state index contributed by atoms with van der Waals surface area (Å²) in [6.45, 7) is 0. The Morgan fingerprint density at radius 3 is 1.82 bits per heavy atom. The van der Waals surface area contributed by atoms with Crippen molar-refractivity contribution >= 4 is 21.4 Å². The summed E-state index contributed by atoms with van der Waals surface area (Å²) in [6.07, 6.45) is -9.55. The minimum absolute atomic E-state index is 0.165. The molecule has 28 heavy (non-hydrogen) atoms. The molecule has 0 saturated heterocycles. The van der Waals surface area contributed by atoms with Gasteiger partial charge in [-0.25, -0.2) is 12.8 Å². The van der Waals surface area contributed by atoms with Crippen molar-refractivity contribution in [3.63, 3.8) is 0 Å². The highest BCUT2D eigenvalue weighted by Gasteiger charge is 2.37. The number of hydrogen-bond acceptors (Lipinski definition) is 3. The number of nitrogens with one attached hydrogen (secondary N) is 1. The molecule has 0 fully saturated rings. The van der Waals surface area contributed by atoms with Crippen LogP contribution in [0.4, 0.5) is 36.4 Å². The lowest BCUT2D eigenvalue weighted by Gasteiger charge is -2.14. The standard InChI is InChI=1S/C16H10F7NO3S/c1-28(26,27)11-2-3-12(17)13(7-11)24-14(25)8-4-9(15(18,19)20)6-10(5-8)16(21,22)23/h2-7H,1H3,(H,24,25). The van der Waals surface area contributed by atoms with Gasteiger partial charge < -0.3 is 5.32 Å². The van der Waals surface area contributed by atoms with Gasteiger partial charge in [0.15, 0.2) is 9.84 Å². The number of carbonyl (C=O) groups excluding carboxylic acids is 1. The number of anilines is 1. The molecule has 1 amide bonds. The van der Waals surface area contributed by atoms with E-state index in [2.05, 4.69) is 0 Å². The molecule has 0 saturated carbocycles. The highest BCUT2D eigenvalue weighted by molar-refractivity contribution is 7.90. The van der Waals surface area contributed by atoms with E-state index < -0.39 is 61.2 Å². The molecular formula is C16H10F7NO3S. The van der Waals surface area contributed by atoms with E-state index in [1.54, 1.807) is 5.32 Å². The van der Waals surface area contributed by atoms with E-state index in [1.165, 1.54) is 0 Å². The van der Waals surface area contributed by atoms with E-state index in [1.807, 2.05) is 0 Å². The third-order valence-corrected chi connectivity index (χ3v) is 4.57. The average Bonchev–Trinajstić information content (AvgIpc) is 2.53. The fraction of sp³-hybridized carbons (Fsp3) is 0.188. The second kappa shape index (κ2) is 7.08. The number of amides is 1. The maximum Gasteiger partial charge on any atom is 0.416 e. The molecule has 0 bridgehead atoms. The summed E-state index contributed by atoms with van der Waals surface area (Å²) in [4.78, 5) is 11.7. The second-order valence-electron chi connectivity index (χ2n) is 5.66. The number of carbonyl (C=O) groups is 1. The first-order chi connectivity index (χ1) is 12.6. The molecular weight excluding hydrogens is 419 g/mol. The SMILES string of the molecule is CS(=O)(=O)c1ccc(F)c(NC(=O)c2cc(C(F)(F)F)cc(C(F)(F)F)c2)c1. The van der Waals surface area contributed by atoms with Crippen LogP contribution in [0, 0.1) is 5.82 Å². The van der Waals surface area contributed by atoms with Gasteiger partial charge in [-0.3, -0.25) is 4.79 Å². The van der Waals surface area contributed by atoms with Gasteiger partial charge in [0.25, 0.3) is 5.91 Å². The van der Waals surface area contributed by atoms with Crippen LogP contribution in [0.15, 0.2) is 41.3 Å². The first-order valence-corrected chi connectivity index (χ1v) is 9.08. The lowest BCUT2D eigenvalue weighted by Crippen LogP contribution is -2.18. The Morgan fingerprint density at radius 2 is 1.39 bits per heavy atom. The van der Waals surface area contributed by atoms with Gasteiger partial charge in [-0.05, 0) is 36.4 Å². The number of alkyl halides is 6. The van der Waals surface area contributed by atoms with Gasteiger partial charge in [-0.1, -0.05) is 0 Å². The van der Waals surface area contributed by atoms with Gasteiger partial charge >= 0.3 is 12.4 Å². The zero-order valence-electron chi connectivity index (χ0n) is 13.7. The number of benzene rings is 2. The Labute approximate surface area is 153 Å². The molecule has 0 aromatic heterocycles. The molecule has 0 aliphatic carbocycles. The predicted molar refractivity (Wildman–Crippen MR) is 83.9 cm³/mol. The molecule has 0 atom stereocenters. The molecule has 2 aromatic rings. The van der Waals surface area contributed by atoms with Crippen LogP contribution in [0.1, 0.15) is 21.5 Å². The monoisotopic (exact) mass is 429 g/mol. The van der Waals surface area contributed by atoms with E-state index in [4.69, 9.17) is 0 Å². The molecule has 1 N–H and O–H groups in total. The molecule has 0 aliphatic heterocycles. The van der Waals surface area contributed by atoms with Crippen molar-refractivity contribution in [2.24, 2.45) is 0 Å². The molecule has 4 nitrogen and oxygen atoms in total. The highest BCUT2D eigenvalue weighted by Crippen LogP contribution is 2.36. The Morgan fingerprint density at radius 1 is 0.893 bits per heavy atom. The van der Waals surface area contributed by atoms with Crippen LogP contribution in [0.2, 0.25) is 0 Å². The van der Waals surface area contributed by atoms with Gasteiger partial charge in [0, 0.05) is 11.8 Å². The molecule has 0 unspecified atom stereocenters. The normalized spacial score (nSPS) is 12.7. The van der Waals surface area contributed by atoms with Gasteiger partial charge in [0.1, 0.15) is 5.82 Å². The van der Waals surface area contributed by atoms with Crippen molar-refractivity contribution in [3.8, 4) is 0 Å². The summed E-state index contributed by atoms with van der Waals surface area (Å²) in [5.74, 6) is -2.62. The fourth-order valence-corrected chi connectivity index (χ4v) is 2.76. The van der Waals surface area contributed by atoms with Gasteiger partial charge in [0.2, 0.25) is 0 Å². The Hall–Kier alpha value is -2.63. The van der Waals surface area contributed by atoms with E-state index in [0.717, 1.165) is 12.3 Å². The summed E-state index contributed by atoms with van der Waals surface area (Å²) in [6, 6.07) is 2.43. The van der Waals surface area contributed by atoms with E-state index >= 15 is 0 Å². The molecule has 2 rings (SSSR count). The zero-order valence-corrected chi connectivity index (χ0v) is 14.6. The molecule has 0 heterocycles. The first-order valence-electron chi connectivity index (χ1n) is 7.19. The van der Waals surface area contributed by atoms with E-state index in [0.29, 0.717) is 12.1 Å². The Balaban J connectivity index is 2.50. The quantitative estimate of drug-likeness (QED) is 0.577. The van der Waals surface area contributed by atoms with Crippen molar-refractivity contribution in [1.29, 1.82) is 0 Å². The second-order valence-corrected chi connectivity index (χ2v) is 7.68. The smallest absolute Gasteiger partial charge is 0.319 e. The lowest BCUT2D eigenvalue weighted by atomic mass is 10.0. The molecule has 152 valence electrons. The maximum atomic E-state index is 13.8. The third kappa shape index (κ3) is 5.00. The van der Waals surface area contributed by atoms with Crippen LogP contribution >= 0.6 is 0 Å². The van der Waals surface area contributed by atoms with Gasteiger partial charge in [-0.15, -0.1) is 0 Å². The number of hydrogen-bond donors (Lipinski definition) is 1. The topological polar surface area (TPSA) is 63.2 Å². The Bertz CT molecular complexity index is 995. The summed E-state index contributed by atoms with van der Waals surface area (Å²) in [5.41, 5.74) is -5.21. The summed E-state index contributed by atoms with van der Waals surface area (Å²) < 4.78 is 114. The van der Waals surface area contributed by atoms with Crippen LogP contribution in [0.25, 0.3) is 0 Å². The zero-order chi connectivity index (χ0) is 21.5. The van der Waals surface area contributed by atoms with E-state index in [9.17, 15) is 43.9 Å². The van der Waals surface area contributed by atoms with Crippen LogP contribution in [-0.4, -0.2) is 20.6 Å².